The maximum atomic E-state index is 13.3. The van der Waals surface area contributed by atoms with Gasteiger partial charge in [-0.2, -0.15) is 0 Å². The summed E-state index contributed by atoms with van der Waals surface area (Å²) < 4.78 is 5.45. The second-order valence-electron chi connectivity index (χ2n) is 10.4. The van der Waals surface area contributed by atoms with Crippen LogP contribution in [-0.2, 0) is 9.53 Å². The van der Waals surface area contributed by atoms with Crippen LogP contribution in [0.25, 0.3) is 0 Å². The van der Waals surface area contributed by atoms with Crippen molar-refractivity contribution < 1.29 is 19.1 Å². The largest absolute Gasteiger partial charge is 0.463 e. The van der Waals surface area contributed by atoms with Crippen LogP contribution in [-0.4, -0.2) is 83.6 Å². The van der Waals surface area contributed by atoms with Crippen molar-refractivity contribution in [2.45, 2.75) is 52.2 Å². The number of nitrogens with one attached hydrogen (secondary N) is 2. The Hall–Kier alpha value is -3.04. The third kappa shape index (κ3) is 7.05. The van der Waals surface area contributed by atoms with Crippen LogP contribution < -0.4 is 10.6 Å². The quantitative estimate of drug-likeness (QED) is 0.411. The van der Waals surface area contributed by atoms with E-state index in [9.17, 15) is 14.4 Å². The number of rotatable bonds is 7. The van der Waals surface area contributed by atoms with Gasteiger partial charge in [0.1, 0.15) is 0 Å². The number of halogens is 1. The number of urea groups is 2. The summed E-state index contributed by atoms with van der Waals surface area (Å²) in [5.41, 5.74) is 1.35. The highest BCUT2D eigenvalue weighted by Gasteiger charge is 2.39. The van der Waals surface area contributed by atoms with Gasteiger partial charge in [0, 0.05) is 55.0 Å². The zero-order valence-corrected chi connectivity index (χ0v) is 23.1. The molecule has 0 aromatic heterocycles. The molecule has 4 amide bonds. The average Bonchev–Trinajstić information content (AvgIpc) is 2.80. The van der Waals surface area contributed by atoms with Crippen molar-refractivity contribution in [2.24, 2.45) is 0 Å². The normalized spacial score (nSPS) is 21.0. The molecule has 9 nitrogen and oxygen atoms in total. The van der Waals surface area contributed by atoms with Gasteiger partial charge in [-0.1, -0.05) is 29.8 Å². The van der Waals surface area contributed by atoms with Crippen molar-refractivity contribution in [1.82, 2.24) is 25.3 Å². The second-order valence-corrected chi connectivity index (χ2v) is 10.8. The molecule has 0 unspecified atom stereocenters. The highest BCUT2D eigenvalue weighted by Crippen LogP contribution is 2.33. The van der Waals surface area contributed by atoms with Crippen LogP contribution in [0.2, 0.25) is 5.02 Å². The molecule has 0 bridgehead atoms. The fourth-order valence-corrected chi connectivity index (χ4v) is 4.76. The molecule has 1 fully saturated rings. The average molecular weight is 532 g/mol. The summed E-state index contributed by atoms with van der Waals surface area (Å²) in [5, 5.41) is 6.54. The SMILES string of the molecule is C=CCN1C(=O)N[C@H](c2ccc(Cl)cc2)C(C(=O)OCC)=C1CN1CCN(C(=O)NC(C)(C)C)[C@H](C)C1. The first-order chi connectivity index (χ1) is 17.4. The van der Waals surface area contributed by atoms with Crippen molar-refractivity contribution in [1.29, 1.82) is 0 Å². The Morgan fingerprint density at radius 3 is 2.49 bits per heavy atom. The first-order valence-electron chi connectivity index (χ1n) is 12.6. The summed E-state index contributed by atoms with van der Waals surface area (Å²) in [6.45, 7) is 15.9. The first kappa shape index (κ1) is 28.5. The van der Waals surface area contributed by atoms with E-state index >= 15 is 0 Å². The number of ether oxygens (including phenoxy) is 1. The molecule has 37 heavy (non-hydrogen) atoms. The lowest BCUT2D eigenvalue weighted by Gasteiger charge is -2.43. The van der Waals surface area contributed by atoms with Crippen LogP contribution in [0.3, 0.4) is 0 Å². The number of hydrogen-bond acceptors (Lipinski definition) is 5. The van der Waals surface area contributed by atoms with Gasteiger partial charge in [-0.25, -0.2) is 14.4 Å². The van der Waals surface area contributed by atoms with Gasteiger partial charge >= 0.3 is 18.0 Å². The summed E-state index contributed by atoms with van der Waals surface area (Å²) >= 11 is 6.08. The molecule has 0 radical (unpaired) electrons. The molecule has 1 aromatic rings. The zero-order valence-electron chi connectivity index (χ0n) is 22.3. The smallest absolute Gasteiger partial charge is 0.338 e. The maximum Gasteiger partial charge on any atom is 0.338 e. The van der Waals surface area contributed by atoms with E-state index in [2.05, 4.69) is 22.1 Å². The Labute approximate surface area is 224 Å². The van der Waals surface area contributed by atoms with Gasteiger partial charge in [0.2, 0.25) is 0 Å². The number of esters is 1. The van der Waals surface area contributed by atoms with Crippen LogP contribution in [0.1, 0.15) is 46.2 Å². The molecule has 0 spiro atoms. The van der Waals surface area contributed by atoms with Gasteiger partial charge in [0.15, 0.2) is 0 Å². The van der Waals surface area contributed by atoms with Crippen LogP contribution in [0, 0.1) is 0 Å². The summed E-state index contributed by atoms with van der Waals surface area (Å²) in [4.78, 5) is 44.8. The van der Waals surface area contributed by atoms with Crippen LogP contribution in [0.5, 0.6) is 0 Å². The molecule has 2 atom stereocenters. The van der Waals surface area contributed by atoms with Crippen molar-refractivity contribution in [2.75, 3.05) is 39.3 Å². The predicted octanol–water partition coefficient (Wildman–Crippen LogP) is 3.92. The van der Waals surface area contributed by atoms with E-state index in [-0.39, 0.29) is 36.8 Å². The Bertz CT molecular complexity index is 1050. The number of nitrogens with zero attached hydrogens (tertiary/aromatic N) is 3. The highest BCUT2D eigenvalue weighted by atomic mass is 35.5. The first-order valence-corrected chi connectivity index (χ1v) is 13.0. The molecular weight excluding hydrogens is 494 g/mol. The van der Waals surface area contributed by atoms with Crippen molar-refractivity contribution in [3.8, 4) is 0 Å². The lowest BCUT2D eigenvalue weighted by atomic mass is 9.94. The molecule has 2 aliphatic rings. The fraction of sp³-hybridized carbons (Fsp3) is 0.519. The van der Waals surface area contributed by atoms with E-state index in [1.807, 2.05) is 32.6 Å². The van der Waals surface area contributed by atoms with Crippen LogP contribution >= 0.6 is 11.6 Å². The zero-order chi connectivity index (χ0) is 27.3. The van der Waals surface area contributed by atoms with Gasteiger partial charge < -0.3 is 20.3 Å². The minimum atomic E-state index is -0.684. The van der Waals surface area contributed by atoms with Gasteiger partial charge in [0.25, 0.3) is 0 Å². The standard InChI is InChI=1S/C27H38ClN5O4/c1-7-13-33-21(17-31-14-15-32(18(3)16-31)26(36)30-27(4,5)6)22(24(34)37-8-2)23(29-25(33)35)19-9-11-20(28)12-10-19/h7,9-12,18,23H,1,8,13-17H2,2-6H3,(H,29,35)(H,30,36)/t18-,23-/m1/s1. The lowest BCUT2D eigenvalue weighted by Crippen LogP contribution is -2.59. The molecule has 1 aromatic carbocycles. The Balaban J connectivity index is 1.95. The number of carbonyl (C=O) groups is 3. The van der Waals surface area contributed by atoms with Crippen LogP contribution in [0.15, 0.2) is 48.2 Å². The fourth-order valence-electron chi connectivity index (χ4n) is 4.63. The predicted molar refractivity (Wildman–Crippen MR) is 144 cm³/mol. The second kappa shape index (κ2) is 12.0. The number of piperazine rings is 1. The lowest BCUT2D eigenvalue weighted by molar-refractivity contribution is -0.139. The molecule has 2 heterocycles. The number of benzene rings is 1. The molecule has 202 valence electrons. The molecular formula is C27H38ClN5O4. The summed E-state index contributed by atoms with van der Waals surface area (Å²) in [7, 11) is 0. The van der Waals surface area contributed by atoms with E-state index < -0.39 is 12.0 Å². The highest BCUT2D eigenvalue weighted by molar-refractivity contribution is 6.30. The monoisotopic (exact) mass is 531 g/mol. The van der Waals surface area contributed by atoms with E-state index in [1.54, 1.807) is 37.3 Å². The van der Waals surface area contributed by atoms with Crippen molar-refractivity contribution in [3.63, 3.8) is 0 Å². The Kier molecular flexibility index (Phi) is 9.26. The Morgan fingerprint density at radius 1 is 1.24 bits per heavy atom. The maximum absolute atomic E-state index is 13.3. The summed E-state index contributed by atoms with van der Waals surface area (Å²) in [6, 6.07) is 5.88. The molecule has 1 saturated heterocycles. The van der Waals surface area contributed by atoms with Crippen molar-refractivity contribution in [3.05, 3.63) is 58.8 Å². The summed E-state index contributed by atoms with van der Waals surface area (Å²) in [5.74, 6) is -0.484. The number of carbonyl (C=O) groups excluding carboxylic acids is 3. The van der Waals surface area contributed by atoms with E-state index in [1.165, 1.54) is 4.90 Å². The topological polar surface area (TPSA) is 94.2 Å². The molecule has 2 N–H and O–H groups in total. The summed E-state index contributed by atoms with van der Waals surface area (Å²) in [6.07, 6.45) is 1.63. The molecule has 0 saturated carbocycles. The molecule has 2 aliphatic heterocycles. The molecule has 3 rings (SSSR count). The van der Waals surface area contributed by atoms with E-state index in [4.69, 9.17) is 16.3 Å². The van der Waals surface area contributed by atoms with E-state index in [0.29, 0.717) is 42.5 Å². The van der Waals surface area contributed by atoms with E-state index in [0.717, 1.165) is 5.56 Å². The van der Waals surface area contributed by atoms with Crippen molar-refractivity contribution >= 4 is 29.6 Å². The minimum absolute atomic E-state index is 0.0555. The number of amides is 4. The third-order valence-corrected chi connectivity index (χ3v) is 6.53. The van der Waals surface area contributed by atoms with Crippen LogP contribution in [0.4, 0.5) is 9.59 Å². The molecule has 10 heteroatoms. The molecule has 0 aliphatic carbocycles. The number of hydrogen-bond donors (Lipinski definition) is 2. The van der Waals surface area contributed by atoms with Gasteiger partial charge in [-0.15, -0.1) is 6.58 Å². The Morgan fingerprint density at radius 2 is 1.92 bits per heavy atom. The third-order valence-electron chi connectivity index (χ3n) is 6.28. The van der Waals surface area contributed by atoms with Gasteiger partial charge in [-0.05, 0) is 52.3 Å². The minimum Gasteiger partial charge on any atom is -0.463 e. The van der Waals surface area contributed by atoms with Gasteiger partial charge in [0.05, 0.1) is 18.2 Å². The van der Waals surface area contributed by atoms with Gasteiger partial charge in [-0.3, -0.25) is 9.80 Å².